The Morgan fingerprint density at radius 3 is 2.75 bits per heavy atom. The Kier molecular flexibility index (Phi) is 5.25. The monoisotopic (exact) mass is 327 g/mol. The zero-order valence-electron chi connectivity index (χ0n) is 14.4. The lowest BCUT2D eigenvalue weighted by atomic mass is 9.96. The van der Waals surface area contributed by atoms with Gasteiger partial charge in [-0.05, 0) is 57.8 Å². The first-order valence-corrected chi connectivity index (χ1v) is 8.55. The highest BCUT2D eigenvalue weighted by Crippen LogP contribution is 2.20. The Balaban J connectivity index is 1.43. The topological polar surface area (TPSA) is 73.9 Å². The molecule has 1 aliphatic rings. The average Bonchev–Trinajstić information content (AvgIpc) is 2.93. The second-order valence-corrected chi connectivity index (χ2v) is 6.56. The molecule has 6 nitrogen and oxygen atoms in total. The minimum Gasteiger partial charge on any atom is -0.350 e. The first-order chi connectivity index (χ1) is 11.6. The summed E-state index contributed by atoms with van der Waals surface area (Å²) in [6.45, 7) is 7.95. The second-order valence-electron chi connectivity index (χ2n) is 6.56. The van der Waals surface area contributed by atoms with Gasteiger partial charge in [-0.1, -0.05) is 6.07 Å². The SMILES string of the molecule is Cc1n[nH]c(C)c1CN1CCC(CNC(=O)c2ccccn2)CC1. The fourth-order valence-electron chi connectivity index (χ4n) is 3.20. The van der Waals surface area contributed by atoms with Crippen LogP contribution >= 0.6 is 0 Å². The van der Waals surface area contributed by atoms with Crippen LogP contribution in [0.3, 0.4) is 0 Å². The number of likely N-dealkylation sites (tertiary alicyclic amines) is 1. The van der Waals surface area contributed by atoms with Gasteiger partial charge in [-0.3, -0.25) is 19.8 Å². The number of rotatable bonds is 5. The van der Waals surface area contributed by atoms with E-state index in [2.05, 4.69) is 39.2 Å². The zero-order chi connectivity index (χ0) is 16.9. The summed E-state index contributed by atoms with van der Waals surface area (Å²) < 4.78 is 0. The van der Waals surface area contributed by atoms with Crippen LogP contribution < -0.4 is 5.32 Å². The number of aryl methyl sites for hydroxylation is 2. The number of hydrogen-bond acceptors (Lipinski definition) is 4. The molecule has 0 aliphatic carbocycles. The summed E-state index contributed by atoms with van der Waals surface area (Å²) >= 11 is 0. The molecule has 2 aromatic heterocycles. The van der Waals surface area contributed by atoms with Crippen LogP contribution in [0, 0.1) is 19.8 Å². The van der Waals surface area contributed by atoms with Crippen molar-refractivity contribution in [1.29, 1.82) is 0 Å². The van der Waals surface area contributed by atoms with E-state index in [4.69, 9.17) is 0 Å². The van der Waals surface area contributed by atoms with Crippen molar-refractivity contribution in [3.63, 3.8) is 0 Å². The summed E-state index contributed by atoms with van der Waals surface area (Å²) in [4.78, 5) is 18.6. The van der Waals surface area contributed by atoms with Gasteiger partial charge < -0.3 is 5.32 Å². The number of pyridine rings is 1. The fourth-order valence-corrected chi connectivity index (χ4v) is 3.20. The van der Waals surface area contributed by atoms with Gasteiger partial charge in [0.05, 0.1) is 5.69 Å². The molecular weight excluding hydrogens is 302 g/mol. The molecule has 1 saturated heterocycles. The molecule has 0 unspecified atom stereocenters. The standard InChI is InChI=1S/C18H25N5O/c1-13-16(14(2)22-21-13)12-23-9-6-15(7-10-23)11-20-18(24)17-5-3-4-8-19-17/h3-5,8,15H,6-7,9-12H2,1-2H3,(H,20,24)(H,21,22). The quantitative estimate of drug-likeness (QED) is 0.881. The van der Waals surface area contributed by atoms with Crippen LogP contribution in [0.4, 0.5) is 0 Å². The van der Waals surface area contributed by atoms with Crippen LogP contribution in [0.2, 0.25) is 0 Å². The smallest absolute Gasteiger partial charge is 0.269 e. The van der Waals surface area contributed by atoms with Crippen LogP contribution in [0.25, 0.3) is 0 Å². The summed E-state index contributed by atoms with van der Waals surface area (Å²) in [6, 6.07) is 5.39. The molecular formula is C18H25N5O. The zero-order valence-corrected chi connectivity index (χ0v) is 14.4. The first kappa shape index (κ1) is 16.6. The highest BCUT2D eigenvalue weighted by atomic mass is 16.1. The second kappa shape index (κ2) is 7.57. The molecule has 0 radical (unpaired) electrons. The van der Waals surface area contributed by atoms with Crippen molar-refractivity contribution in [2.45, 2.75) is 33.2 Å². The van der Waals surface area contributed by atoms with Crippen molar-refractivity contribution < 1.29 is 4.79 Å². The number of nitrogens with zero attached hydrogens (tertiary/aromatic N) is 3. The van der Waals surface area contributed by atoms with E-state index in [1.54, 1.807) is 12.3 Å². The third kappa shape index (κ3) is 4.00. The third-order valence-electron chi connectivity index (χ3n) is 4.82. The Labute approximate surface area is 142 Å². The number of amides is 1. The van der Waals surface area contributed by atoms with Crippen LogP contribution in [0.1, 0.15) is 40.3 Å². The van der Waals surface area contributed by atoms with Gasteiger partial charge in [0.2, 0.25) is 0 Å². The van der Waals surface area contributed by atoms with Crippen LogP contribution in [-0.2, 0) is 6.54 Å². The average molecular weight is 327 g/mol. The summed E-state index contributed by atoms with van der Waals surface area (Å²) in [5.74, 6) is 0.461. The summed E-state index contributed by atoms with van der Waals surface area (Å²) in [5.41, 5.74) is 4.06. The van der Waals surface area contributed by atoms with E-state index >= 15 is 0 Å². The van der Waals surface area contributed by atoms with E-state index in [9.17, 15) is 4.79 Å². The lowest BCUT2D eigenvalue weighted by Crippen LogP contribution is -2.38. The molecule has 6 heteroatoms. The third-order valence-corrected chi connectivity index (χ3v) is 4.82. The lowest BCUT2D eigenvalue weighted by molar-refractivity contribution is 0.0930. The molecule has 0 spiro atoms. The number of aromatic amines is 1. The van der Waals surface area contributed by atoms with Crippen LogP contribution in [0.15, 0.2) is 24.4 Å². The molecule has 0 bridgehead atoms. The first-order valence-electron chi connectivity index (χ1n) is 8.55. The number of piperidine rings is 1. The van der Waals surface area contributed by atoms with Gasteiger partial charge in [0.1, 0.15) is 5.69 Å². The Hall–Kier alpha value is -2.21. The van der Waals surface area contributed by atoms with Gasteiger partial charge in [-0.2, -0.15) is 5.10 Å². The number of H-pyrrole nitrogens is 1. The molecule has 1 amide bonds. The van der Waals surface area contributed by atoms with Crippen LogP contribution in [0.5, 0.6) is 0 Å². The van der Waals surface area contributed by atoms with E-state index in [-0.39, 0.29) is 5.91 Å². The van der Waals surface area contributed by atoms with Crippen molar-refractivity contribution >= 4 is 5.91 Å². The molecule has 0 saturated carbocycles. The van der Waals surface area contributed by atoms with Crippen molar-refractivity contribution in [2.24, 2.45) is 5.92 Å². The van der Waals surface area contributed by atoms with Gasteiger partial charge >= 0.3 is 0 Å². The molecule has 3 rings (SSSR count). The Bertz CT molecular complexity index is 654. The summed E-state index contributed by atoms with van der Waals surface area (Å²) in [5, 5.41) is 10.3. The van der Waals surface area contributed by atoms with Crippen molar-refractivity contribution in [3.8, 4) is 0 Å². The van der Waals surface area contributed by atoms with Gasteiger partial charge in [-0.15, -0.1) is 0 Å². The maximum atomic E-state index is 12.0. The maximum Gasteiger partial charge on any atom is 0.269 e. The van der Waals surface area contributed by atoms with Crippen molar-refractivity contribution in [1.82, 2.24) is 25.4 Å². The van der Waals surface area contributed by atoms with Gasteiger partial charge in [0, 0.05) is 30.5 Å². The van der Waals surface area contributed by atoms with E-state index in [1.165, 1.54) is 5.56 Å². The molecule has 1 aliphatic heterocycles. The Morgan fingerprint density at radius 2 is 2.12 bits per heavy atom. The summed E-state index contributed by atoms with van der Waals surface area (Å²) in [7, 11) is 0. The fraction of sp³-hybridized carbons (Fsp3) is 0.500. The minimum atomic E-state index is -0.0809. The van der Waals surface area contributed by atoms with Crippen LogP contribution in [-0.4, -0.2) is 45.6 Å². The molecule has 2 aromatic rings. The summed E-state index contributed by atoms with van der Waals surface area (Å²) in [6.07, 6.45) is 3.87. The highest BCUT2D eigenvalue weighted by molar-refractivity contribution is 5.92. The molecule has 2 N–H and O–H groups in total. The largest absolute Gasteiger partial charge is 0.350 e. The van der Waals surface area contributed by atoms with Gasteiger partial charge in [-0.25, -0.2) is 0 Å². The highest BCUT2D eigenvalue weighted by Gasteiger charge is 2.21. The van der Waals surface area contributed by atoms with E-state index < -0.39 is 0 Å². The molecule has 0 aromatic carbocycles. The number of carbonyl (C=O) groups excluding carboxylic acids is 1. The van der Waals surface area contributed by atoms with Gasteiger partial charge in [0.25, 0.3) is 5.91 Å². The minimum absolute atomic E-state index is 0.0809. The normalized spacial score (nSPS) is 16.2. The predicted molar refractivity (Wildman–Crippen MR) is 92.6 cm³/mol. The van der Waals surface area contributed by atoms with E-state index in [0.29, 0.717) is 11.6 Å². The number of hydrogen-bond donors (Lipinski definition) is 2. The van der Waals surface area contributed by atoms with Gasteiger partial charge in [0.15, 0.2) is 0 Å². The van der Waals surface area contributed by atoms with Crippen molar-refractivity contribution in [2.75, 3.05) is 19.6 Å². The molecule has 128 valence electrons. The number of carbonyl (C=O) groups is 1. The Morgan fingerprint density at radius 1 is 1.33 bits per heavy atom. The molecule has 0 atom stereocenters. The van der Waals surface area contributed by atoms with Crippen molar-refractivity contribution in [3.05, 3.63) is 47.0 Å². The molecule has 1 fully saturated rings. The lowest BCUT2D eigenvalue weighted by Gasteiger charge is -2.32. The number of aromatic nitrogens is 3. The van der Waals surface area contributed by atoms with E-state index in [1.807, 2.05) is 12.1 Å². The molecule has 24 heavy (non-hydrogen) atoms. The maximum absolute atomic E-state index is 12.0. The van der Waals surface area contributed by atoms with E-state index in [0.717, 1.165) is 50.4 Å². The number of nitrogens with one attached hydrogen (secondary N) is 2. The predicted octanol–water partition coefficient (Wildman–Crippen LogP) is 2.06. The molecule has 3 heterocycles.